The summed E-state index contributed by atoms with van der Waals surface area (Å²) in [6, 6.07) is -0.309. The molecule has 0 spiro atoms. The fraction of sp³-hybridized carbons (Fsp3) is 0.636. The molecule has 1 fully saturated rings. The van der Waals surface area contributed by atoms with Gasteiger partial charge in [-0.1, -0.05) is 6.08 Å². The number of aliphatic carboxylic acids is 1. The summed E-state index contributed by atoms with van der Waals surface area (Å²) in [5, 5.41) is 11.6. The highest BCUT2D eigenvalue weighted by Gasteiger charge is 2.28. The number of rotatable bonds is 3. The molecule has 0 saturated carbocycles. The van der Waals surface area contributed by atoms with Gasteiger partial charge in [-0.3, -0.25) is 4.79 Å². The molecule has 1 aliphatic rings. The number of likely N-dealkylation sites (tertiary alicyclic amines) is 1. The van der Waals surface area contributed by atoms with Crippen molar-refractivity contribution in [2.75, 3.05) is 13.1 Å². The highest BCUT2D eigenvalue weighted by molar-refractivity contribution is 5.76. The molecule has 2 atom stereocenters. The maximum atomic E-state index is 11.7. The summed E-state index contributed by atoms with van der Waals surface area (Å²) in [6.07, 6.45) is 3.03. The van der Waals surface area contributed by atoms with E-state index >= 15 is 0 Å². The van der Waals surface area contributed by atoms with Crippen molar-refractivity contribution in [2.24, 2.45) is 5.92 Å². The van der Waals surface area contributed by atoms with Gasteiger partial charge in [0.05, 0.1) is 5.92 Å². The first-order valence-corrected chi connectivity index (χ1v) is 5.45. The topological polar surface area (TPSA) is 69.6 Å². The first-order valence-electron chi connectivity index (χ1n) is 5.45. The molecule has 0 aromatic carbocycles. The molecular formula is C11H18N2O3. The number of carbonyl (C=O) groups is 2. The Morgan fingerprint density at radius 1 is 1.62 bits per heavy atom. The molecule has 0 aliphatic carbocycles. The molecule has 1 heterocycles. The number of urea groups is 1. The van der Waals surface area contributed by atoms with Crippen molar-refractivity contribution in [1.82, 2.24) is 10.2 Å². The van der Waals surface area contributed by atoms with Crippen LogP contribution in [0.1, 0.15) is 19.8 Å². The van der Waals surface area contributed by atoms with Gasteiger partial charge in [0.15, 0.2) is 0 Å². The number of piperidine rings is 1. The van der Waals surface area contributed by atoms with Crippen LogP contribution in [0.5, 0.6) is 0 Å². The summed E-state index contributed by atoms with van der Waals surface area (Å²) < 4.78 is 0. The van der Waals surface area contributed by atoms with Crippen molar-refractivity contribution in [3.63, 3.8) is 0 Å². The zero-order valence-corrected chi connectivity index (χ0v) is 9.48. The van der Waals surface area contributed by atoms with Crippen molar-refractivity contribution in [1.29, 1.82) is 0 Å². The van der Waals surface area contributed by atoms with Crippen LogP contribution in [0.2, 0.25) is 0 Å². The van der Waals surface area contributed by atoms with Crippen LogP contribution in [-0.2, 0) is 4.79 Å². The predicted octanol–water partition coefficient (Wildman–Crippen LogP) is 1.07. The van der Waals surface area contributed by atoms with Crippen LogP contribution >= 0.6 is 0 Å². The van der Waals surface area contributed by atoms with Gasteiger partial charge in [0.25, 0.3) is 0 Å². The number of carboxylic acids is 1. The van der Waals surface area contributed by atoms with Crippen LogP contribution in [0.4, 0.5) is 4.79 Å². The smallest absolute Gasteiger partial charge is 0.317 e. The van der Waals surface area contributed by atoms with Crippen molar-refractivity contribution < 1.29 is 14.7 Å². The fourth-order valence-corrected chi connectivity index (χ4v) is 1.71. The Hall–Kier alpha value is -1.52. The fourth-order valence-electron chi connectivity index (χ4n) is 1.71. The monoisotopic (exact) mass is 226 g/mol. The van der Waals surface area contributed by atoms with E-state index in [-0.39, 0.29) is 12.1 Å². The number of nitrogens with one attached hydrogen (secondary N) is 1. The first kappa shape index (κ1) is 12.5. The normalized spacial score (nSPS) is 22.3. The minimum atomic E-state index is -0.825. The van der Waals surface area contributed by atoms with E-state index in [0.29, 0.717) is 19.5 Å². The Kier molecular flexibility index (Phi) is 4.34. The lowest BCUT2D eigenvalue weighted by Crippen LogP contribution is -2.48. The highest BCUT2D eigenvalue weighted by atomic mass is 16.4. The Labute approximate surface area is 95.1 Å². The summed E-state index contributed by atoms with van der Waals surface area (Å²) in [4.78, 5) is 24.1. The van der Waals surface area contributed by atoms with Gasteiger partial charge < -0.3 is 15.3 Å². The minimum Gasteiger partial charge on any atom is -0.481 e. The van der Waals surface area contributed by atoms with E-state index in [1.54, 1.807) is 11.0 Å². The van der Waals surface area contributed by atoms with Crippen molar-refractivity contribution in [3.8, 4) is 0 Å². The third-order valence-corrected chi connectivity index (χ3v) is 2.76. The molecule has 1 rings (SSSR count). The highest BCUT2D eigenvalue weighted by Crippen LogP contribution is 2.16. The molecule has 90 valence electrons. The van der Waals surface area contributed by atoms with E-state index in [1.165, 1.54) is 0 Å². The van der Waals surface area contributed by atoms with Crippen molar-refractivity contribution in [2.45, 2.75) is 25.8 Å². The molecule has 5 heteroatoms. The third-order valence-electron chi connectivity index (χ3n) is 2.76. The Morgan fingerprint density at radius 3 is 2.88 bits per heavy atom. The van der Waals surface area contributed by atoms with E-state index < -0.39 is 11.9 Å². The van der Waals surface area contributed by atoms with Gasteiger partial charge in [0, 0.05) is 19.1 Å². The number of hydrogen-bond acceptors (Lipinski definition) is 2. The number of nitrogens with zero attached hydrogens (tertiary/aromatic N) is 1. The Bertz CT molecular complexity index is 291. The van der Waals surface area contributed by atoms with Crippen LogP contribution in [0, 0.1) is 5.92 Å². The van der Waals surface area contributed by atoms with Crippen LogP contribution in [0.25, 0.3) is 0 Å². The Balaban J connectivity index is 2.50. The van der Waals surface area contributed by atoms with Crippen LogP contribution < -0.4 is 5.32 Å². The molecule has 16 heavy (non-hydrogen) atoms. The average molecular weight is 226 g/mol. The van der Waals surface area contributed by atoms with E-state index in [4.69, 9.17) is 5.11 Å². The van der Waals surface area contributed by atoms with E-state index in [0.717, 1.165) is 6.42 Å². The van der Waals surface area contributed by atoms with E-state index in [9.17, 15) is 9.59 Å². The van der Waals surface area contributed by atoms with Crippen LogP contribution in [-0.4, -0.2) is 41.1 Å². The second-order valence-corrected chi connectivity index (χ2v) is 4.10. The van der Waals surface area contributed by atoms with Gasteiger partial charge >= 0.3 is 12.0 Å². The van der Waals surface area contributed by atoms with Gasteiger partial charge in [0.2, 0.25) is 0 Å². The van der Waals surface area contributed by atoms with E-state index in [2.05, 4.69) is 11.9 Å². The lowest BCUT2D eigenvalue weighted by molar-refractivity contribution is -0.143. The first-order chi connectivity index (χ1) is 7.54. The maximum absolute atomic E-state index is 11.7. The Morgan fingerprint density at radius 2 is 2.31 bits per heavy atom. The molecule has 0 radical (unpaired) electrons. The summed E-state index contributed by atoms with van der Waals surface area (Å²) in [6.45, 7) is 6.32. The maximum Gasteiger partial charge on any atom is 0.317 e. The molecule has 0 bridgehead atoms. The van der Waals surface area contributed by atoms with E-state index in [1.807, 2.05) is 6.92 Å². The number of amides is 2. The number of carbonyl (C=O) groups excluding carboxylic acids is 1. The second-order valence-electron chi connectivity index (χ2n) is 4.10. The molecule has 2 unspecified atom stereocenters. The second kappa shape index (κ2) is 5.53. The van der Waals surface area contributed by atoms with Crippen LogP contribution in [0.15, 0.2) is 12.7 Å². The predicted molar refractivity (Wildman–Crippen MR) is 60.1 cm³/mol. The summed E-state index contributed by atoms with van der Waals surface area (Å²) in [7, 11) is 0. The summed E-state index contributed by atoms with van der Waals surface area (Å²) in [5.41, 5.74) is 0. The average Bonchev–Trinajstić information content (AvgIpc) is 2.28. The molecule has 0 aromatic heterocycles. The zero-order valence-electron chi connectivity index (χ0n) is 9.48. The molecule has 0 aromatic rings. The molecule has 1 aliphatic heterocycles. The standard InChI is InChI=1S/C11H18N2O3/c1-3-8(2)12-11(16)13-6-4-5-9(7-13)10(14)15/h3,8-9H,1,4-7H2,2H3,(H,12,16)(H,14,15). The third kappa shape index (κ3) is 3.25. The number of carboxylic acid groups (broad SMARTS) is 1. The van der Waals surface area contributed by atoms with Crippen molar-refractivity contribution in [3.05, 3.63) is 12.7 Å². The lowest BCUT2D eigenvalue weighted by Gasteiger charge is -2.31. The molecule has 1 saturated heterocycles. The minimum absolute atomic E-state index is 0.0993. The lowest BCUT2D eigenvalue weighted by atomic mass is 9.99. The van der Waals surface area contributed by atoms with Gasteiger partial charge in [-0.15, -0.1) is 6.58 Å². The van der Waals surface area contributed by atoms with Crippen molar-refractivity contribution >= 4 is 12.0 Å². The summed E-state index contributed by atoms with van der Waals surface area (Å²) >= 11 is 0. The van der Waals surface area contributed by atoms with Gasteiger partial charge in [-0.25, -0.2) is 4.79 Å². The van der Waals surface area contributed by atoms with Gasteiger partial charge in [0.1, 0.15) is 0 Å². The largest absolute Gasteiger partial charge is 0.481 e. The molecule has 2 amide bonds. The molecule has 5 nitrogen and oxygen atoms in total. The summed E-state index contributed by atoms with van der Waals surface area (Å²) in [5.74, 6) is -1.26. The SMILES string of the molecule is C=CC(C)NC(=O)N1CCCC(C(=O)O)C1. The number of hydrogen-bond donors (Lipinski definition) is 2. The molecule has 2 N–H and O–H groups in total. The van der Waals surface area contributed by atoms with Crippen LogP contribution in [0.3, 0.4) is 0 Å². The van der Waals surface area contributed by atoms with Gasteiger partial charge in [-0.05, 0) is 19.8 Å². The molecular weight excluding hydrogens is 208 g/mol. The quantitative estimate of drug-likeness (QED) is 0.707. The zero-order chi connectivity index (χ0) is 12.1. The van der Waals surface area contributed by atoms with Gasteiger partial charge in [-0.2, -0.15) is 0 Å².